The van der Waals surface area contributed by atoms with Crippen molar-refractivity contribution in [1.82, 2.24) is 30.1 Å². The van der Waals surface area contributed by atoms with Gasteiger partial charge in [0.1, 0.15) is 6.04 Å². The fourth-order valence-corrected chi connectivity index (χ4v) is 6.94. The molecule has 2 saturated heterocycles. The number of pyridine rings is 1. The van der Waals surface area contributed by atoms with Crippen molar-refractivity contribution in [2.75, 3.05) is 19.7 Å². The number of ether oxygens (including phenoxy) is 1. The van der Waals surface area contributed by atoms with E-state index in [4.69, 9.17) is 4.74 Å². The fraction of sp³-hybridized carbons (Fsp3) is 0.643. The highest BCUT2D eigenvalue weighted by Crippen LogP contribution is 2.45. The van der Waals surface area contributed by atoms with Crippen molar-refractivity contribution in [2.45, 2.75) is 90.3 Å². The monoisotopic (exact) mass is 490 g/mol. The number of nitrogens with zero attached hydrogens (tertiary/aromatic N) is 5. The second kappa shape index (κ2) is 9.71. The SMILES string of the molecule is Cc1ccc2cc([C@@H](c3nnnn3C[C@@H]3CCCO3)N3CCCC4(CCCCC4)C3)c(=O)[nH]c2c1C. The van der Waals surface area contributed by atoms with Gasteiger partial charge in [-0.1, -0.05) is 31.4 Å². The van der Waals surface area contributed by atoms with Crippen LogP contribution in [0.5, 0.6) is 0 Å². The molecule has 1 aromatic carbocycles. The predicted molar refractivity (Wildman–Crippen MR) is 139 cm³/mol. The molecule has 1 saturated carbocycles. The van der Waals surface area contributed by atoms with Crippen LogP contribution in [0.2, 0.25) is 0 Å². The molecule has 0 unspecified atom stereocenters. The summed E-state index contributed by atoms with van der Waals surface area (Å²) in [4.78, 5) is 19.4. The lowest BCUT2D eigenvalue weighted by molar-refractivity contribution is 0.0326. The number of likely N-dealkylation sites (tertiary alicyclic amines) is 1. The summed E-state index contributed by atoms with van der Waals surface area (Å²) in [5, 5.41) is 14.1. The van der Waals surface area contributed by atoms with E-state index in [2.05, 4.69) is 57.5 Å². The molecular formula is C28H38N6O2. The maximum absolute atomic E-state index is 13.7. The Morgan fingerprint density at radius 2 is 1.97 bits per heavy atom. The van der Waals surface area contributed by atoms with Crippen molar-refractivity contribution in [3.8, 4) is 0 Å². The minimum absolute atomic E-state index is 0.0452. The van der Waals surface area contributed by atoms with Crippen LogP contribution in [-0.2, 0) is 11.3 Å². The van der Waals surface area contributed by atoms with Gasteiger partial charge in [0.15, 0.2) is 5.82 Å². The number of tetrazole rings is 1. The van der Waals surface area contributed by atoms with E-state index < -0.39 is 0 Å². The van der Waals surface area contributed by atoms with E-state index >= 15 is 0 Å². The van der Waals surface area contributed by atoms with Gasteiger partial charge in [0.25, 0.3) is 5.56 Å². The van der Waals surface area contributed by atoms with Gasteiger partial charge >= 0.3 is 0 Å². The van der Waals surface area contributed by atoms with Crippen LogP contribution in [0.25, 0.3) is 10.9 Å². The number of nitrogens with one attached hydrogen (secondary N) is 1. The first-order chi connectivity index (χ1) is 17.5. The number of fused-ring (bicyclic) bond motifs is 1. The Bertz CT molecular complexity index is 1280. The number of hydrogen-bond donors (Lipinski definition) is 1. The third-order valence-corrected chi connectivity index (χ3v) is 9.05. The van der Waals surface area contributed by atoms with E-state index in [1.807, 2.05) is 4.68 Å². The molecule has 3 aromatic rings. The van der Waals surface area contributed by atoms with Crippen molar-refractivity contribution in [3.05, 3.63) is 51.1 Å². The highest BCUT2D eigenvalue weighted by atomic mass is 16.5. The fourth-order valence-electron chi connectivity index (χ4n) is 6.94. The molecule has 2 aromatic heterocycles. The van der Waals surface area contributed by atoms with Gasteiger partial charge in [0.2, 0.25) is 0 Å². The number of piperidine rings is 1. The van der Waals surface area contributed by atoms with Crippen molar-refractivity contribution < 1.29 is 4.74 Å². The molecule has 2 atom stereocenters. The molecule has 8 heteroatoms. The van der Waals surface area contributed by atoms with Gasteiger partial charge in [0, 0.05) is 18.7 Å². The summed E-state index contributed by atoms with van der Waals surface area (Å²) in [7, 11) is 0. The number of aromatic amines is 1. The van der Waals surface area contributed by atoms with Gasteiger partial charge in [-0.3, -0.25) is 9.69 Å². The number of aryl methyl sites for hydroxylation is 2. The second-order valence-electron chi connectivity index (χ2n) is 11.4. The molecule has 1 N–H and O–H groups in total. The highest BCUT2D eigenvalue weighted by molar-refractivity contribution is 5.83. The molecular weight excluding hydrogens is 452 g/mol. The number of H-pyrrole nitrogens is 1. The average molecular weight is 491 g/mol. The highest BCUT2D eigenvalue weighted by Gasteiger charge is 2.41. The van der Waals surface area contributed by atoms with Gasteiger partial charge in [-0.15, -0.1) is 5.10 Å². The molecule has 2 aliphatic heterocycles. The zero-order valence-electron chi connectivity index (χ0n) is 21.6. The normalized spacial score (nSPS) is 23.4. The minimum atomic E-state index is -0.282. The first-order valence-electron chi connectivity index (χ1n) is 13.8. The first kappa shape index (κ1) is 23.8. The van der Waals surface area contributed by atoms with Gasteiger partial charge in [0.05, 0.1) is 18.2 Å². The molecule has 8 nitrogen and oxygen atoms in total. The zero-order valence-corrected chi connectivity index (χ0v) is 21.6. The lowest BCUT2D eigenvalue weighted by Crippen LogP contribution is -2.47. The molecule has 0 bridgehead atoms. The summed E-state index contributed by atoms with van der Waals surface area (Å²) in [6.07, 6.45) is 11.2. The molecule has 1 spiro atoms. The Morgan fingerprint density at radius 1 is 1.14 bits per heavy atom. The van der Waals surface area contributed by atoms with Crippen LogP contribution in [0.15, 0.2) is 23.0 Å². The number of hydrogen-bond acceptors (Lipinski definition) is 6. The summed E-state index contributed by atoms with van der Waals surface area (Å²) in [5.74, 6) is 0.757. The Morgan fingerprint density at radius 3 is 2.78 bits per heavy atom. The zero-order chi connectivity index (χ0) is 24.7. The molecule has 36 heavy (non-hydrogen) atoms. The Hall–Kier alpha value is -2.58. The maximum Gasteiger partial charge on any atom is 0.253 e. The van der Waals surface area contributed by atoms with Gasteiger partial charge in [-0.2, -0.15) is 0 Å². The molecule has 192 valence electrons. The number of benzene rings is 1. The van der Waals surface area contributed by atoms with Gasteiger partial charge in [-0.05, 0) is 97.3 Å². The topological polar surface area (TPSA) is 88.9 Å². The third kappa shape index (κ3) is 4.39. The average Bonchev–Trinajstić information content (AvgIpc) is 3.56. The largest absolute Gasteiger partial charge is 0.376 e. The minimum Gasteiger partial charge on any atom is -0.376 e. The summed E-state index contributed by atoms with van der Waals surface area (Å²) in [6, 6.07) is 6.05. The van der Waals surface area contributed by atoms with Crippen LogP contribution in [0.4, 0.5) is 0 Å². The van der Waals surface area contributed by atoms with Gasteiger partial charge < -0.3 is 9.72 Å². The van der Waals surface area contributed by atoms with Crippen molar-refractivity contribution >= 4 is 10.9 Å². The van der Waals surface area contributed by atoms with Crippen LogP contribution in [0, 0.1) is 19.3 Å². The lowest BCUT2D eigenvalue weighted by atomic mass is 9.69. The quantitative estimate of drug-likeness (QED) is 0.569. The molecule has 0 radical (unpaired) electrons. The lowest BCUT2D eigenvalue weighted by Gasteiger charge is -2.47. The number of aromatic nitrogens is 5. The Labute approximate surface area is 212 Å². The van der Waals surface area contributed by atoms with E-state index in [1.165, 1.54) is 44.1 Å². The van der Waals surface area contributed by atoms with Crippen molar-refractivity contribution in [1.29, 1.82) is 0 Å². The van der Waals surface area contributed by atoms with Crippen LogP contribution in [-0.4, -0.2) is 55.9 Å². The maximum atomic E-state index is 13.7. The predicted octanol–water partition coefficient (Wildman–Crippen LogP) is 4.45. The van der Waals surface area contributed by atoms with E-state index in [0.717, 1.165) is 66.8 Å². The van der Waals surface area contributed by atoms with Crippen LogP contribution in [0.1, 0.15) is 86.3 Å². The van der Waals surface area contributed by atoms with E-state index in [0.29, 0.717) is 12.0 Å². The van der Waals surface area contributed by atoms with Crippen molar-refractivity contribution in [2.24, 2.45) is 5.41 Å². The summed E-state index contributed by atoms with van der Waals surface area (Å²) in [5.41, 5.74) is 4.26. The molecule has 3 fully saturated rings. The van der Waals surface area contributed by atoms with Crippen LogP contribution in [0.3, 0.4) is 0 Å². The summed E-state index contributed by atoms with van der Waals surface area (Å²) < 4.78 is 7.81. The molecule has 3 aliphatic rings. The van der Waals surface area contributed by atoms with Crippen molar-refractivity contribution in [3.63, 3.8) is 0 Å². The molecule has 1 aliphatic carbocycles. The number of rotatable bonds is 5. The second-order valence-corrected chi connectivity index (χ2v) is 11.4. The summed E-state index contributed by atoms with van der Waals surface area (Å²) in [6.45, 7) is 7.52. The molecule has 4 heterocycles. The smallest absolute Gasteiger partial charge is 0.253 e. The Balaban J connectivity index is 1.45. The third-order valence-electron chi connectivity index (χ3n) is 9.05. The van der Waals surface area contributed by atoms with Gasteiger partial charge in [-0.25, -0.2) is 4.68 Å². The van der Waals surface area contributed by atoms with E-state index in [1.54, 1.807) is 0 Å². The summed E-state index contributed by atoms with van der Waals surface area (Å²) >= 11 is 0. The Kier molecular flexibility index (Phi) is 6.42. The van der Waals surface area contributed by atoms with Crippen LogP contribution < -0.4 is 5.56 Å². The molecule has 6 rings (SSSR count). The standard InChI is InChI=1S/C28H38N6O2/c1-19-9-10-21-16-23(27(35)29-24(21)20(19)2)25(26-30-31-32-34(26)17-22-8-6-15-36-22)33-14-7-13-28(18-33)11-4-3-5-12-28/h9-10,16,22,25H,3-8,11-15,17-18H2,1-2H3,(H,29,35)/t22-,25-/m0/s1. The van der Waals surface area contributed by atoms with E-state index in [-0.39, 0.29) is 17.7 Å². The van der Waals surface area contributed by atoms with E-state index in [9.17, 15) is 4.79 Å². The molecule has 0 amide bonds. The first-order valence-corrected chi connectivity index (χ1v) is 13.8. The van der Waals surface area contributed by atoms with Crippen LogP contribution >= 0.6 is 0 Å².